The van der Waals surface area contributed by atoms with Crippen molar-refractivity contribution in [3.63, 3.8) is 0 Å². The molecule has 1 aromatic rings. The summed E-state index contributed by atoms with van der Waals surface area (Å²) < 4.78 is 60.2. The fraction of sp³-hybridized carbons (Fsp3) is 0.682. The summed E-state index contributed by atoms with van der Waals surface area (Å²) in [5, 5.41) is 2.35. The molecular formula is C22H35N3O6S2. The lowest BCUT2D eigenvalue weighted by molar-refractivity contribution is -0.120. The Morgan fingerprint density at radius 3 is 2.21 bits per heavy atom. The molecule has 2 N–H and O–H groups in total. The predicted molar refractivity (Wildman–Crippen MR) is 127 cm³/mol. The quantitative estimate of drug-likeness (QED) is 0.591. The first-order valence-electron chi connectivity index (χ1n) is 11.5. The summed E-state index contributed by atoms with van der Waals surface area (Å²) in [6, 6.07) is 6.15. The summed E-state index contributed by atoms with van der Waals surface area (Å²) in [4.78, 5) is 12.9. The number of hydrogen-bond acceptors (Lipinski definition) is 6. The van der Waals surface area contributed by atoms with Crippen LogP contribution in [0.1, 0.15) is 53.4 Å². The van der Waals surface area contributed by atoms with E-state index < -0.39 is 25.3 Å². The minimum Gasteiger partial charge on any atom is -0.373 e. The molecule has 11 heteroatoms. The second kappa shape index (κ2) is 10.4. The van der Waals surface area contributed by atoms with Crippen LogP contribution in [0.3, 0.4) is 0 Å². The third-order valence-electron chi connectivity index (χ3n) is 6.17. The molecule has 2 aliphatic rings. The van der Waals surface area contributed by atoms with Crippen molar-refractivity contribution in [2.75, 3.05) is 18.4 Å². The molecule has 186 valence electrons. The number of carbonyl (C=O) groups excluding carboxylic acids is 1. The Morgan fingerprint density at radius 2 is 1.64 bits per heavy atom. The van der Waals surface area contributed by atoms with E-state index in [4.69, 9.17) is 4.74 Å². The van der Waals surface area contributed by atoms with Gasteiger partial charge >= 0.3 is 0 Å². The van der Waals surface area contributed by atoms with E-state index in [9.17, 15) is 21.6 Å². The first kappa shape index (κ1) is 26.1. The molecule has 1 aromatic carbocycles. The van der Waals surface area contributed by atoms with Crippen LogP contribution in [-0.4, -0.2) is 63.6 Å². The molecule has 0 unspecified atom stereocenters. The maximum Gasteiger partial charge on any atom is 0.243 e. The summed E-state index contributed by atoms with van der Waals surface area (Å²) in [5.74, 6) is -0.422. The number of morpholine rings is 1. The standard InChI is InChI=1S/C22H35N3O6S2/c1-15(2)32(27,28)24-19-10-8-18(9-11-19)22(26)23-20-6-5-7-21(12-20)33(29,30)25-13-16(3)31-17(4)14-25/h5-7,12,15-19,24H,8-11,13-14H2,1-4H3,(H,23,26)/t16-,17+,18-,19-. The maximum atomic E-state index is 13.1. The zero-order valence-electron chi connectivity index (χ0n) is 19.7. The predicted octanol–water partition coefficient (Wildman–Crippen LogP) is 2.31. The van der Waals surface area contributed by atoms with Crippen molar-refractivity contribution in [1.29, 1.82) is 0 Å². The van der Waals surface area contributed by atoms with Gasteiger partial charge < -0.3 is 10.1 Å². The second-order valence-electron chi connectivity index (χ2n) is 9.36. The van der Waals surface area contributed by atoms with Gasteiger partial charge in [0.1, 0.15) is 0 Å². The van der Waals surface area contributed by atoms with E-state index >= 15 is 0 Å². The molecule has 1 heterocycles. The summed E-state index contributed by atoms with van der Waals surface area (Å²) in [5.41, 5.74) is 0.429. The molecule has 0 radical (unpaired) electrons. The van der Waals surface area contributed by atoms with Crippen LogP contribution >= 0.6 is 0 Å². The molecule has 1 amide bonds. The van der Waals surface area contributed by atoms with Crippen LogP contribution in [0.2, 0.25) is 0 Å². The molecule has 3 rings (SSSR count). The Hall–Kier alpha value is -1.53. The van der Waals surface area contributed by atoms with Crippen molar-refractivity contribution in [2.45, 2.75) is 81.8 Å². The van der Waals surface area contributed by atoms with Crippen molar-refractivity contribution in [3.8, 4) is 0 Å². The Morgan fingerprint density at radius 1 is 1.03 bits per heavy atom. The number of hydrogen-bond donors (Lipinski definition) is 2. The van der Waals surface area contributed by atoms with Gasteiger partial charge in [0.2, 0.25) is 26.0 Å². The number of anilines is 1. The van der Waals surface area contributed by atoms with Crippen molar-refractivity contribution in [3.05, 3.63) is 24.3 Å². The normalized spacial score (nSPS) is 27.4. The lowest BCUT2D eigenvalue weighted by Gasteiger charge is -2.34. The molecule has 1 aliphatic heterocycles. The lowest BCUT2D eigenvalue weighted by Crippen LogP contribution is -2.48. The van der Waals surface area contributed by atoms with Crippen molar-refractivity contribution in [2.24, 2.45) is 5.92 Å². The summed E-state index contributed by atoms with van der Waals surface area (Å²) >= 11 is 0. The van der Waals surface area contributed by atoms with Crippen molar-refractivity contribution in [1.82, 2.24) is 9.03 Å². The third kappa shape index (κ3) is 6.54. The highest BCUT2D eigenvalue weighted by atomic mass is 32.2. The smallest absolute Gasteiger partial charge is 0.243 e. The van der Waals surface area contributed by atoms with E-state index in [0.29, 0.717) is 31.4 Å². The van der Waals surface area contributed by atoms with E-state index in [0.717, 1.165) is 0 Å². The Balaban J connectivity index is 1.61. The first-order valence-corrected chi connectivity index (χ1v) is 14.4. The van der Waals surface area contributed by atoms with Gasteiger partial charge in [-0.05, 0) is 71.6 Å². The average Bonchev–Trinajstić information content (AvgIpc) is 2.73. The minimum atomic E-state index is -3.71. The van der Waals surface area contributed by atoms with Crippen molar-refractivity contribution < 1.29 is 26.4 Å². The fourth-order valence-corrected chi connectivity index (χ4v) is 6.91. The monoisotopic (exact) mass is 501 g/mol. The van der Waals surface area contributed by atoms with Gasteiger partial charge in [-0.25, -0.2) is 21.6 Å². The van der Waals surface area contributed by atoms with Crippen LogP contribution in [0, 0.1) is 5.92 Å². The third-order valence-corrected chi connectivity index (χ3v) is 9.91. The highest BCUT2D eigenvalue weighted by molar-refractivity contribution is 7.90. The molecule has 0 aromatic heterocycles. The highest BCUT2D eigenvalue weighted by Crippen LogP contribution is 2.28. The number of ether oxygens (including phenoxy) is 1. The van der Waals surface area contributed by atoms with Crippen LogP contribution in [0.4, 0.5) is 5.69 Å². The van der Waals surface area contributed by atoms with Crippen LogP contribution < -0.4 is 10.0 Å². The molecular weight excluding hydrogens is 466 g/mol. The topological polar surface area (TPSA) is 122 Å². The molecule has 0 bridgehead atoms. The van der Waals surface area contributed by atoms with Gasteiger partial charge in [-0.1, -0.05) is 6.07 Å². The number of rotatable bonds is 7. The summed E-state index contributed by atoms with van der Waals surface area (Å²) in [6.45, 7) is 7.53. The zero-order chi connectivity index (χ0) is 24.4. The van der Waals surface area contributed by atoms with Crippen molar-refractivity contribution >= 4 is 31.6 Å². The van der Waals surface area contributed by atoms with Crippen LogP contribution in [0.15, 0.2) is 29.2 Å². The maximum absolute atomic E-state index is 13.1. The van der Waals surface area contributed by atoms with Gasteiger partial charge in [-0.15, -0.1) is 0 Å². The lowest BCUT2D eigenvalue weighted by atomic mass is 9.86. The molecule has 0 spiro atoms. The molecule has 2 fully saturated rings. The van der Waals surface area contributed by atoms with E-state index in [1.807, 2.05) is 13.8 Å². The van der Waals surface area contributed by atoms with Crippen LogP contribution in [0.5, 0.6) is 0 Å². The van der Waals surface area contributed by atoms with E-state index in [1.165, 1.54) is 16.4 Å². The molecule has 9 nitrogen and oxygen atoms in total. The Bertz CT molecular complexity index is 1040. The molecule has 33 heavy (non-hydrogen) atoms. The highest BCUT2D eigenvalue weighted by Gasteiger charge is 2.33. The summed E-state index contributed by atoms with van der Waals surface area (Å²) in [6.07, 6.45) is 1.94. The number of nitrogens with zero attached hydrogens (tertiary/aromatic N) is 1. The van der Waals surface area contributed by atoms with Gasteiger partial charge in [0.25, 0.3) is 0 Å². The van der Waals surface area contributed by atoms with Gasteiger partial charge in [-0.3, -0.25) is 4.79 Å². The number of amides is 1. The zero-order valence-corrected chi connectivity index (χ0v) is 21.3. The first-order chi connectivity index (χ1) is 15.4. The summed E-state index contributed by atoms with van der Waals surface area (Å²) in [7, 11) is -7.04. The average molecular weight is 502 g/mol. The molecule has 1 aliphatic carbocycles. The van der Waals surface area contributed by atoms with E-state index in [1.54, 1.807) is 26.0 Å². The number of benzene rings is 1. The van der Waals surface area contributed by atoms with E-state index in [2.05, 4.69) is 10.0 Å². The van der Waals surface area contributed by atoms with Crippen LogP contribution in [-0.2, 0) is 29.6 Å². The van der Waals surface area contributed by atoms with E-state index in [-0.39, 0.29) is 48.1 Å². The molecule has 1 saturated heterocycles. The number of carbonyl (C=O) groups is 1. The minimum absolute atomic E-state index is 0.133. The largest absolute Gasteiger partial charge is 0.373 e. The number of sulfonamides is 2. The molecule has 2 atom stereocenters. The second-order valence-corrected chi connectivity index (χ2v) is 13.6. The fourth-order valence-electron chi connectivity index (χ4n) is 4.30. The Kier molecular flexibility index (Phi) is 8.21. The number of nitrogens with one attached hydrogen (secondary N) is 2. The SMILES string of the molecule is CC(C)S(=O)(=O)N[C@H]1CC[C@H](C(=O)Nc2cccc(S(=O)(=O)N3C[C@@H](C)O[C@@H](C)C3)c2)CC1. The molecule has 1 saturated carbocycles. The van der Waals surface area contributed by atoms with Crippen LogP contribution in [0.25, 0.3) is 0 Å². The Labute approximate surface area is 197 Å². The van der Waals surface area contributed by atoms with Gasteiger partial charge in [0.15, 0.2) is 0 Å². The van der Waals surface area contributed by atoms with Gasteiger partial charge in [0.05, 0.1) is 22.4 Å². The van der Waals surface area contributed by atoms with Gasteiger partial charge in [0, 0.05) is 30.7 Å². The van der Waals surface area contributed by atoms with Gasteiger partial charge in [-0.2, -0.15) is 4.31 Å².